The van der Waals surface area contributed by atoms with E-state index >= 15 is 0 Å². The van der Waals surface area contributed by atoms with E-state index in [2.05, 4.69) is 10.3 Å². The summed E-state index contributed by atoms with van der Waals surface area (Å²) >= 11 is 0. The summed E-state index contributed by atoms with van der Waals surface area (Å²) < 4.78 is 1.47. The minimum absolute atomic E-state index is 0.0403. The van der Waals surface area contributed by atoms with Crippen molar-refractivity contribution in [2.45, 2.75) is 6.54 Å². The number of amides is 2. The minimum atomic E-state index is -0.748. The first kappa shape index (κ1) is 16.3. The molecule has 0 spiro atoms. The van der Waals surface area contributed by atoms with Crippen LogP contribution >= 0.6 is 0 Å². The third-order valence-corrected chi connectivity index (χ3v) is 3.65. The Hall–Kier alpha value is -3.61. The van der Waals surface area contributed by atoms with Crippen LogP contribution in [0.1, 0.15) is 26.4 Å². The molecule has 126 valence electrons. The molecule has 0 bridgehead atoms. The van der Waals surface area contributed by atoms with Gasteiger partial charge in [-0.05, 0) is 29.8 Å². The molecule has 1 heterocycles. The first-order valence-corrected chi connectivity index (χ1v) is 7.54. The monoisotopic (exact) mass is 336 g/mol. The lowest BCUT2D eigenvalue weighted by molar-refractivity contribution is 0.0987. The number of carbonyl (C=O) groups is 2. The lowest BCUT2D eigenvalue weighted by Gasteiger charge is -2.08. The van der Waals surface area contributed by atoms with Gasteiger partial charge < -0.3 is 20.7 Å². The van der Waals surface area contributed by atoms with Gasteiger partial charge in [-0.1, -0.05) is 30.3 Å². The van der Waals surface area contributed by atoms with Crippen LogP contribution < -0.4 is 11.1 Å². The Kier molecular flexibility index (Phi) is 4.47. The number of nitrogens with two attached hydrogens (primary N) is 1. The number of anilines is 1. The second-order valence-electron chi connectivity index (χ2n) is 5.43. The maximum absolute atomic E-state index is 12.1. The van der Waals surface area contributed by atoms with Crippen LogP contribution in [0.2, 0.25) is 0 Å². The van der Waals surface area contributed by atoms with E-state index in [1.807, 2.05) is 18.2 Å². The zero-order valence-corrected chi connectivity index (χ0v) is 13.2. The number of hydrogen-bond donors (Lipinski definition) is 3. The second kappa shape index (κ2) is 6.88. The zero-order chi connectivity index (χ0) is 17.8. The fourth-order valence-corrected chi connectivity index (χ4v) is 2.43. The van der Waals surface area contributed by atoms with Crippen LogP contribution in [-0.2, 0) is 6.54 Å². The van der Waals surface area contributed by atoms with Crippen molar-refractivity contribution in [2.75, 3.05) is 5.32 Å². The molecular weight excluding hydrogens is 320 g/mol. The summed E-state index contributed by atoms with van der Waals surface area (Å²) in [6.45, 7) is 0.318. The molecule has 1 aromatic heterocycles. The Morgan fingerprint density at radius 2 is 1.76 bits per heavy atom. The average Bonchev–Trinajstić information content (AvgIpc) is 2.98. The fraction of sp³-hybridized carbons (Fsp3) is 0.0556. The molecule has 25 heavy (non-hydrogen) atoms. The largest absolute Gasteiger partial charge is 0.492 e. The highest BCUT2D eigenvalue weighted by Gasteiger charge is 2.15. The molecule has 0 radical (unpaired) electrons. The van der Waals surface area contributed by atoms with Gasteiger partial charge in [0.15, 0.2) is 5.69 Å². The van der Waals surface area contributed by atoms with E-state index in [-0.39, 0.29) is 17.5 Å². The normalized spacial score (nSPS) is 10.4. The van der Waals surface area contributed by atoms with Crippen LogP contribution in [0, 0.1) is 0 Å². The molecule has 7 nitrogen and oxygen atoms in total. The summed E-state index contributed by atoms with van der Waals surface area (Å²) in [7, 11) is 0. The highest BCUT2D eigenvalue weighted by molar-refractivity contribution is 6.04. The van der Waals surface area contributed by atoms with Crippen LogP contribution in [0.5, 0.6) is 5.88 Å². The molecule has 0 saturated heterocycles. The maximum Gasteiger partial charge on any atom is 0.271 e. The van der Waals surface area contributed by atoms with Gasteiger partial charge in [0.25, 0.3) is 11.8 Å². The number of hydrogen-bond acceptors (Lipinski definition) is 4. The van der Waals surface area contributed by atoms with E-state index in [1.165, 1.54) is 10.9 Å². The van der Waals surface area contributed by atoms with Gasteiger partial charge >= 0.3 is 0 Å². The molecule has 0 aliphatic carbocycles. The Morgan fingerprint density at radius 3 is 2.40 bits per heavy atom. The second-order valence-corrected chi connectivity index (χ2v) is 5.43. The Morgan fingerprint density at radius 1 is 1.08 bits per heavy atom. The van der Waals surface area contributed by atoms with E-state index in [9.17, 15) is 14.7 Å². The number of primary amides is 1. The highest BCUT2D eigenvalue weighted by atomic mass is 16.3. The number of nitrogens with one attached hydrogen (secondary N) is 1. The van der Waals surface area contributed by atoms with Crippen molar-refractivity contribution in [2.24, 2.45) is 5.73 Å². The van der Waals surface area contributed by atoms with E-state index in [4.69, 9.17) is 5.73 Å². The van der Waals surface area contributed by atoms with Crippen LogP contribution in [0.3, 0.4) is 0 Å². The molecule has 4 N–H and O–H groups in total. The van der Waals surface area contributed by atoms with Gasteiger partial charge in [-0.3, -0.25) is 9.59 Å². The first-order valence-electron chi connectivity index (χ1n) is 7.54. The number of rotatable bonds is 5. The minimum Gasteiger partial charge on any atom is -0.492 e. The number of benzene rings is 2. The third kappa shape index (κ3) is 3.66. The predicted molar refractivity (Wildman–Crippen MR) is 92.3 cm³/mol. The van der Waals surface area contributed by atoms with Crippen molar-refractivity contribution in [3.05, 3.63) is 77.7 Å². The summed E-state index contributed by atoms with van der Waals surface area (Å²) in [4.78, 5) is 27.2. The number of nitrogens with zero attached hydrogens (tertiary/aromatic N) is 2. The summed E-state index contributed by atoms with van der Waals surface area (Å²) in [5.74, 6) is -1.33. The van der Waals surface area contributed by atoms with E-state index < -0.39 is 5.91 Å². The van der Waals surface area contributed by atoms with E-state index in [0.717, 1.165) is 5.56 Å². The smallest absolute Gasteiger partial charge is 0.271 e. The summed E-state index contributed by atoms with van der Waals surface area (Å²) in [5, 5.41) is 12.4. The van der Waals surface area contributed by atoms with Crippen LogP contribution in [0.4, 0.5) is 5.69 Å². The number of aromatic nitrogens is 2. The molecule has 3 aromatic rings. The predicted octanol–water partition coefficient (Wildman–Crippen LogP) is 1.99. The molecule has 0 aliphatic rings. The number of aromatic hydroxyl groups is 1. The van der Waals surface area contributed by atoms with Gasteiger partial charge in [-0.15, -0.1) is 0 Å². The van der Waals surface area contributed by atoms with Gasteiger partial charge in [-0.25, -0.2) is 4.98 Å². The molecule has 2 aromatic carbocycles. The molecule has 3 rings (SSSR count). The Bertz CT molecular complexity index is 902. The average molecular weight is 336 g/mol. The number of carbonyl (C=O) groups excluding carboxylic acids is 2. The molecule has 0 saturated carbocycles. The molecule has 2 amide bonds. The number of imidazole rings is 1. The zero-order valence-electron chi connectivity index (χ0n) is 13.2. The van der Waals surface area contributed by atoms with Gasteiger partial charge in [0.05, 0.1) is 6.33 Å². The summed E-state index contributed by atoms with van der Waals surface area (Å²) in [6, 6.07) is 16.1. The SMILES string of the molecule is NC(=O)c1c(O)ncn1Cc1ccc(NC(=O)c2ccccc2)cc1. The fourth-order valence-electron chi connectivity index (χ4n) is 2.43. The topological polar surface area (TPSA) is 110 Å². The van der Waals surface area contributed by atoms with Gasteiger partial charge in [-0.2, -0.15) is 0 Å². The van der Waals surface area contributed by atoms with Crippen LogP contribution in [0.15, 0.2) is 60.9 Å². The van der Waals surface area contributed by atoms with Gasteiger partial charge in [0, 0.05) is 17.8 Å². The van der Waals surface area contributed by atoms with Crippen molar-refractivity contribution < 1.29 is 14.7 Å². The van der Waals surface area contributed by atoms with Crippen molar-refractivity contribution in [1.29, 1.82) is 0 Å². The third-order valence-electron chi connectivity index (χ3n) is 3.65. The Balaban J connectivity index is 1.71. The maximum atomic E-state index is 12.1. The van der Waals surface area contributed by atoms with Gasteiger partial charge in [0.2, 0.25) is 5.88 Å². The van der Waals surface area contributed by atoms with E-state index in [0.29, 0.717) is 17.8 Å². The highest BCUT2D eigenvalue weighted by Crippen LogP contribution is 2.17. The lowest BCUT2D eigenvalue weighted by atomic mass is 10.1. The standard InChI is InChI=1S/C18H16N4O3/c19-16(23)15-18(25)20-11-22(15)10-12-6-8-14(9-7-12)21-17(24)13-4-2-1-3-5-13/h1-9,11,25H,10H2,(H2,19,23)(H,21,24). The van der Waals surface area contributed by atoms with Crippen LogP contribution in [0.25, 0.3) is 0 Å². The molecule has 0 fully saturated rings. The van der Waals surface area contributed by atoms with Crippen molar-refractivity contribution in [3.8, 4) is 5.88 Å². The molecular formula is C18H16N4O3. The van der Waals surface area contributed by atoms with Gasteiger partial charge in [0.1, 0.15) is 0 Å². The van der Waals surface area contributed by atoms with Crippen molar-refractivity contribution >= 4 is 17.5 Å². The summed E-state index contributed by atoms with van der Waals surface area (Å²) in [6.07, 6.45) is 1.35. The van der Waals surface area contributed by atoms with Crippen molar-refractivity contribution in [3.63, 3.8) is 0 Å². The Labute approximate surface area is 143 Å². The quantitative estimate of drug-likeness (QED) is 0.661. The van der Waals surface area contributed by atoms with E-state index in [1.54, 1.807) is 36.4 Å². The molecule has 0 unspecified atom stereocenters. The van der Waals surface area contributed by atoms with Crippen LogP contribution in [-0.4, -0.2) is 26.5 Å². The summed E-state index contributed by atoms with van der Waals surface area (Å²) in [5.41, 5.74) is 7.29. The lowest BCUT2D eigenvalue weighted by Crippen LogP contribution is -2.17. The van der Waals surface area contributed by atoms with Crippen molar-refractivity contribution in [1.82, 2.24) is 9.55 Å². The molecule has 7 heteroatoms. The first-order chi connectivity index (χ1) is 12.0. The molecule has 0 aliphatic heterocycles. The molecule has 0 atom stereocenters.